The van der Waals surface area contributed by atoms with Gasteiger partial charge in [-0.3, -0.25) is 10.00 Å². The molecule has 0 fully saturated rings. The highest BCUT2D eigenvalue weighted by atomic mass is 16.6. The maximum Gasteiger partial charge on any atom is 0.412 e. The fourth-order valence-electron chi connectivity index (χ4n) is 2.21. The number of anilines is 1. The van der Waals surface area contributed by atoms with E-state index < -0.39 is 11.7 Å². The van der Waals surface area contributed by atoms with Crippen molar-refractivity contribution in [1.82, 2.24) is 14.8 Å². The van der Waals surface area contributed by atoms with Crippen LogP contribution in [0, 0.1) is 0 Å². The van der Waals surface area contributed by atoms with E-state index >= 15 is 0 Å². The van der Waals surface area contributed by atoms with Crippen LogP contribution in [-0.4, -0.2) is 33.1 Å². The van der Waals surface area contributed by atoms with Gasteiger partial charge in [-0.1, -0.05) is 0 Å². The number of pyridine rings is 1. The number of aromatic nitrogens is 3. The smallest absolute Gasteiger partial charge is 0.412 e. The summed E-state index contributed by atoms with van der Waals surface area (Å²) in [5.74, 6) is 0.536. The Morgan fingerprint density at radius 3 is 3.05 bits per heavy atom. The number of ether oxygens (including phenoxy) is 2. The molecule has 0 bridgehead atoms. The van der Waals surface area contributed by atoms with Crippen molar-refractivity contribution < 1.29 is 14.3 Å². The van der Waals surface area contributed by atoms with Crippen molar-refractivity contribution in [3.05, 3.63) is 24.5 Å². The van der Waals surface area contributed by atoms with Crippen LogP contribution in [0.3, 0.4) is 0 Å². The zero-order valence-electron chi connectivity index (χ0n) is 12.8. The molecule has 0 aromatic carbocycles. The number of rotatable bonds is 1. The molecule has 3 heterocycles. The zero-order chi connectivity index (χ0) is 15.7. The summed E-state index contributed by atoms with van der Waals surface area (Å²) < 4.78 is 12.7. The third-order valence-corrected chi connectivity index (χ3v) is 3.03. The van der Waals surface area contributed by atoms with Crippen LogP contribution in [0.15, 0.2) is 24.5 Å². The minimum Gasteiger partial charge on any atom is -0.475 e. The van der Waals surface area contributed by atoms with E-state index in [-0.39, 0.29) is 0 Å². The van der Waals surface area contributed by atoms with Crippen LogP contribution in [0.25, 0.3) is 11.3 Å². The molecule has 1 aliphatic rings. The summed E-state index contributed by atoms with van der Waals surface area (Å²) in [6.07, 6.45) is 2.77. The van der Waals surface area contributed by atoms with E-state index in [1.807, 2.05) is 37.6 Å². The van der Waals surface area contributed by atoms with Gasteiger partial charge in [-0.15, -0.1) is 0 Å². The van der Waals surface area contributed by atoms with Crippen molar-refractivity contribution in [3.63, 3.8) is 0 Å². The summed E-state index contributed by atoms with van der Waals surface area (Å²) in [7, 11) is 0. The second kappa shape index (κ2) is 5.32. The molecular formula is C15H18N4O3. The van der Waals surface area contributed by atoms with Crippen LogP contribution in [0.1, 0.15) is 20.8 Å². The van der Waals surface area contributed by atoms with Crippen molar-refractivity contribution in [1.29, 1.82) is 0 Å². The van der Waals surface area contributed by atoms with Gasteiger partial charge in [-0.05, 0) is 32.9 Å². The van der Waals surface area contributed by atoms with Gasteiger partial charge in [0.1, 0.15) is 12.2 Å². The molecule has 0 saturated heterocycles. The minimum atomic E-state index is -0.551. The minimum absolute atomic E-state index is 0.507. The lowest BCUT2D eigenvalue weighted by Crippen LogP contribution is -2.27. The largest absolute Gasteiger partial charge is 0.475 e. The van der Waals surface area contributed by atoms with E-state index in [9.17, 15) is 4.79 Å². The average molecular weight is 302 g/mol. The number of hydrogen-bond acceptors (Lipinski definition) is 5. The van der Waals surface area contributed by atoms with E-state index in [2.05, 4.69) is 15.4 Å². The zero-order valence-corrected chi connectivity index (χ0v) is 12.8. The fraction of sp³-hybridized carbons (Fsp3) is 0.400. The second-order valence-electron chi connectivity index (χ2n) is 5.99. The number of fused-ring (bicyclic) bond motifs is 3. The molecular weight excluding hydrogens is 284 g/mol. The second-order valence-corrected chi connectivity index (χ2v) is 5.99. The predicted octanol–water partition coefficient (Wildman–Crippen LogP) is 2.68. The predicted molar refractivity (Wildman–Crippen MR) is 80.8 cm³/mol. The van der Waals surface area contributed by atoms with E-state index in [0.717, 1.165) is 11.3 Å². The van der Waals surface area contributed by atoms with E-state index in [0.29, 0.717) is 24.7 Å². The number of amides is 1. The Bertz CT molecular complexity index is 703. The first kappa shape index (κ1) is 14.4. The van der Waals surface area contributed by atoms with Crippen LogP contribution in [0.5, 0.6) is 5.88 Å². The number of nitrogens with one attached hydrogen (secondary N) is 1. The van der Waals surface area contributed by atoms with Crippen molar-refractivity contribution in [3.8, 4) is 17.1 Å². The molecule has 116 valence electrons. The van der Waals surface area contributed by atoms with Gasteiger partial charge in [0.15, 0.2) is 0 Å². The van der Waals surface area contributed by atoms with Crippen molar-refractivity contribution in [2.45, 2.75) is 32.9 Å². The molecule has 0 spiro atoms. The lowest BCUT2D eigenvalue weighted by atomic mass is 10.2. The van der Waals surface area contributed by atoms with Gasteiger partial charge in [0.25, 0.3) is 0 Å². The van der Waals surface area contributed by atoms with Crippen molar-refractivity contribution in [2.24, 2.45) is 0 Å². The van der Waals surface area contributed by atoms with Crippen LogP contribution in [0.2, 0.25) is 0 Å². The Hall–Kier alpha value is -2.57. The summed E-state index contributed by atoms with van der Waals surface area (Å²) in [6, 6.07) is 3.71. The number of carbonyl (C=O) groups is 1. The molecule has 7 nitrogen and oxygen atoms in total. The lowest BCUT2D eigenvalue weighted by Gasteiger charge is -2.19. The number of nitrogens with zero attached hydrogens (tertiary/aromatic N) is 3. The van der Waals surface area contributed by atoms with Crippen LogP contribution in [-0.2, 0) is 11.3 Å². The van der Waals surface area contributed by atoms with Gasteiger partial charge < -0.3 is 9.47 Å². The quantitative estimate of drug-likeness (QED) is 0.876. The highest BCUT2D eigenvalue weighted by Gasteiger charge is 2.20. The van der Waals surface area contributed by atoms with Gasteiger partial charge in [0, 0.05) is 6.20 Å². The van der Waals surface area contributed by atoms with Crippen molar-refractivity contribution >= 4 is 11.8 Å². The Kier molecular flexibility index (Phi) is 3.48. The van der Waals surface area contributed by atoms with Gasteiger partial charge in [0.05, 0.1) is 29.7 Å². The van der Waals surface area contributed by atoms with Crippen LogP contribution >= 0.6 is 0 Å². The van der Waals surface area contributed by atoms with E-state index in [4.69, 9.17) is 9.47 Å². The normalized spacial score (nSPS) is 13.4. The molecule has 0 radical (unpaired) electrons. The topological polar surface area (TPSA) is 78.3 Å². The van der Waals surface area contributed by atoms with Gasteiger partial charge in [-0.2, -0.15) is 5.10 Å². The third-order valence-electron chi connectivity index (χ3n) is 3.03. The maximum atomic E-state index is 11.8. The summed E-state index contributed by atoms with van der Waals surface area (Å²) >= 11 is 0. The van der Waals surface area contributed by atoms with E-state index in [1.54, 1.807) is 12.4 Å². The highest BCUT2D eigenvalue weighted by Crippen LogP contribution is 2.32. The number of carbonyl (C=O) groups excluding carboxylic acids is 1. The summed E-state index contributed by atoms with van der Waals surface area (Å²) in [5, 5.41) is 6.93. The first-order valence-corrected chi connectivity index (χ1v) is 7.07. The summed E-state index contributed by atoms with van der Waals surface area (Å²) in [5.41, 5.74) is 1.70. The summed E-state index contributed by atoms with van der Waals surface area (Å²) in [4.78, 5) is 16.1. The molecule has 1 aliphatic heterocycles. The molecule has 0 unspecified atom stereocenters. The lowest BCUT2D eigenvalue weighted by molar-refractivity contribution is 0.0636. The fourth-order valence-corrected chi connectivity index (χ4v) is 2.21. The van der Waals surface area contributed by atoms with Gasteiger partial charge in [-0.25, -0.2) is 9.78 Å². The molecule has 3 rings (SSSR count). The Balaban J connectivity index is 1.87. The van der Waals surface area contributed by atoms with Gasteiger partial charge >= 0.3 is 6.09 Å². The monoisotopic (exact) mass is 302 g/mol. The Morgan fingerprint density at radius 2 is 2.27 bits per heavy atom. The maximum absolute atomic E-state index is 11.8. The SMILES string of the molecule is CC(C)(C)OC(=O)Nc1cnc2c(c1)-c1ccnn1CCO2. The van der Waals surface area contributed by atoms with E-state index in [1.165, 1.54) is 0 Å². The van der Waals surface area contributed by atoms with Crippen LogP contribution < -0.4 is 10.1 Å². The molecule has 7 heteroatoms. The first-order chi connectivity index (χ1) is 10.4. The van der Waals surface area contributed by atoms with Crippen LogP contribution in [0.4, 0.5) is 10.5 Å². The van der Waals surface area contributed by atoms with Gasteiger partial charge in [0.2, 0.25) is 5.88 Å². The molecule has 0 saturated carbocycles. The standard InChI is InChI=1S/C15H18N4O3/c1-15(2,3)22-14(20)18-10-8-11-12-4-5-17-19(12)6-7-21-13(11)16-9-10/h4-5,8-9H,6-7H2,1-3H3,(H,18,20). The summed E-state index contributed by atoms with van der Waals surface area (Å²) in [6.45, 7) is 6.61. The molecule has 1 amide bonds. The molecule has 0 atom stereocenters. The molecule has 22 heavy (non-hydrogen) atoms. The first-order valence-electron chi connectivity index (χ1n) is 7.07. The molecule has 0 aliphatic carbocycles. The number of hydrogen-bond donors (Lipinski definition) is 1. The Labute approximate surface area is 128 Å². The highest BCUT2D eigenvalue weighted by molar-refractivity contribution is 5.86. The Morgan fingerprint density at radius 1 is 1.45 bits per heavy atom. The molecule has 1 N–H and O–H groups in total. The van der Waals surface area contributed by atoms with Crippen molar-refractivity contribution in [2.75, 3.05) is 11.9 Å². The molecule has 2 aromatic rings. The molecule has 2 aromatic heterocycles. The third kappa shape index (κ3) is 3.03. The average Bonchev–Trinajstić information content (AvgIpc) is 2.80.